The molecule has 0 radical (unpaired) electrons. The van der Waals surface area contributed by atoms with Gasteiger partial charge < -0.3 is 63.8 Å². The Morgan fingerprint density at radius 1 is 0.600 bits per heavy atom. The number of aliphatic carboxylic acids is 2. The summed E-state index contributed by atoms with van der Waals surface area (Å²) in [6.45, 7) is 10.8. The van der Waals surface area contributed by atoms with Crippen molar-refractivity contribution in [3.63, 3.8) is 0 Å². The minimum absolute atomic E-state index is 0.0592. The molecule has 16 N–H and O–H groups in total. The highest BCUT2D eigenvalue weighted by Crippen LogP contribution is 2.54. The van der Waals surface area contributed by atoms with Crippen LogP contribution in [0.3, 0.4) is 0 Å². The topological polar surface area (TPSA) is 349 Å². The van der Waals surface area contributed by atoms with Crippen LogP contribution >= 0.6 is 0 Å². The Balaban J connectivity index is 2.00. The Morgan fingerprint density at radius 3 is 1.23 bits per heavy atom. The number of nitrogens with two attached hydrogens (primary N) is 4. The van der Waals surface area contributed by atoms with Crippen LogP contribution in [0.1, 0.15) is 98.6 Å². The molecule has 4 aromatic rings. The third-order valence-corrected chi connectivity index (χ3v) is 10.2. The quantitative estimate of drug-likeness (QED) is 0.0337. The zero-order valence-corrected chi connectivity index (χ0v) is 34.4. The van der Waals surface area contributed by atoms with Crippen LogP contribution in [0.2, 0.25) is 0 Å². The standard InChI is InChI=1S/C42H54N8O10/c1-17(2)27-21-13-19(5)29(35(53)31(21)23(33(51)37(27)55)15-49-41(45)47-11-7-9-25(43)39(57)58)30-20(6)14-22-28(18(3)4)38(56)34(52)24(32(22)36(30)54)16-50-42(46)48-12-8-10-26(44)40(59)60/h13-18,25-26,51-56H,7-12,43-44H2,1-6H3,(H2,45,47)(H2,46,48)(H,57,58)(H,59,60)/t25-,26-/m0/s1. The highest BCUT2D eigenvalue weighted by molar-refractivity contribution is 6.16. The Hall–Kier alpha value is -6.66. The molecule has 0 fully saturated rings. The van der Waals surface area contributed by atoms with Crippen LogP contribution in [0, 0.1) is 13.8 Å². The maximum absolute atomic E-state index is 12.3. The van der Waals surface area contributed by atoms with E-state index in [1.165, 1.54) is 0 Å². The normalized spacial score (nSPS) is 13.8. The first-order valence-electron chi connectivity index (χ1n) is 19.2. The Morgan fingerprint density at radius 2 is 0.933 bits per heavy atom. The van der Waals surface area contributed by atoms with Gasteiger partial charge in [-0.15, -0.1) is 0 Å². The maximum atomic E-state index is 12.3. The Bertz CT molecular complexity index is 2290. The number of carboxylic acids is 2. The molecule has 0 unspecified atom stereocenters. The maximum Gasteiger partial charge on any atom is 0.320 e. The number of nitrogens with zero attached hydrogens (tertiary/aromatic N) is 4. The molecule has 2 atom stereocenters. The molecule has 0 aromatic heterocycles. The molecule has 0 amide bonds. The van der Waals surface area contributed by atoms with E-state index in [2.05, 4.69) is 20.0 Å². The molecule has 18 heteroatoms. The number of phenolic OH excluding ortho intramolecular Hbond substituents is 6. The van der Waals surface area contributed by atoms with Gasteiger partial charge in [-0.1, -0.05) is 39.8 Å². The highest BCUT2D eigenvalue weighted by atomic mass is 16.4. The van der Waals surface area contributed by atoms with Crippen LogP contribution in [-0.4, -0.2) is 102 Å². The van der Waals surface area contributed by atoms with Crippen molar-refractivity contribution in [2.75, 3.05) is 13.1 Å². The van der Waals surface area contributed by atoms with E-state index in [1.807, 2.05) is 0 Å². The molecule has 4 rings (SSSR count). The van der Waals surface area contributed by atoms with Crippen molar-refractivity contribution in [1.82, 2.24) is 0 Å². The van der Waals surface area contributed by atoms with Gasteiger partial charge in [-0.3, -0.25) is 19.6 Å². The molecule has 60 heavy (non-hydrogen) atoms. The molecule has 0 saturated carbocycles. The summed E-state index contributed by atoms with van der Waals surface area (Å²) in [6, 6.07) is 1.26. The first kappa shape index (κ1) is 46.0. The SMILES string of the molecule is Cc1cc2c(C(C)C)c(O)c(O)c(C=NC(N)=NCCC[C@H](N)C(=O)O)c2c(O)c1-c1c(C)cc2c(C(C)C)c(O)c(O)c(C=NC(N)=NCCC[C@H](N)C(=O)O)c2c1O. The first-order chi connectivity index (χ1) is 28.1. The summed E-state index contributed by atoms with van der Waals surface area (Å²) < 4.78 is 0. The fraction of sp³-hybridized carbons (Fsp3) is 0.381. The van der Waals surface area contributed by atoms with Crippen molar-refractivity contribution in [3.8, 4) is 45.6 Å². The second-order valence-corrected chi connectivity index (χ2v) is 15.2. The van der Waals surface area contributed by atoms with Crippen molar-refractivity contribution in [1.29, 1.82) is 0 Å². The van der Waals surface area contributed by atoms with Gasteiger partial charge in [-0.05, 0) is 73.3 Å². The number of guanidine groups is 2. The van der Waals surface area contributed by atoms with Crippen molar-refractivity contribution in [2.45, 2.75) is 91.1 Å². The number of benzene rings is 4. The van der Waals surface area contributed by atoms with E-state index < -0.39 is 58.5 Å². The van der Waals surface area contributed by atoms with Crippen molar-refractivity contribution in [2.24, 2.45) is 42.9 Å². The number of rotatable bonds is 15. The number of hydrogen-bond acceptors (Lipinski definition) is 12. The smallest absolute Gasteiger partial charge is 0.320 e. The second kappa shape index (κ2) is 18.9. The number of hydrogen-bond donors (Lipinski definition) is 12. The van der Waals surface area contributed by atoms with E-state index >= 15 is 0 Å². The summed E-state index contributed by atoms with van der Waals surface area (Å²) >= 11 is 0. The molecular weight excluding hydrogens is 777 g/mol. The highest BCUT2D eigenvalue weighted by Gasteiger charge is 2.29. The average Bonchev–Trinajstić information content (AvgIpc) is 3.16. The van der Waals surface area contributed by atoms with Gasteiger partial charge in [0.25, 0.3) is 0 Å². The minimum atomic E-state index is -1.15. The lowest BCUT2D eigenvalue weighted by atomic mass is 9.83. The number of fused-ring (bicyclic) bond motifs is 2. The van der Waals surface area contributed by atoms with Gasteiger partial charge in [-0.2, -0.15) is 0 Å². The molecule has 4 aromatic carbocycles. The first-order valence-corrected chi connectivity index (χ1v) is 19.2. The third-order valence-electron chi connectivity index (χ3n) is 10.2. The lowest BCUT2D eigenvalue weighted by Crippen LogP contribution is -2.30. The van der Waals surface area contributed by atoms with Crippen molar-refractivity contribution in [3.05, 3.63) is 45.5 Å². The largest absolute Gasteiger partial charge is 0.507 e. The van der Waals surface area contributed by atoms with Gasteiger partial charge in [0.05, 0.1) is 11.1 Å². The van der Waals surface area contributed by atoms with E-state index in [0.29, 0.717) is 45.9 Å². The predicted octanol–water partition coefficient (Wildman–Crippen LogP) is 4.61. The molecule has 0 aliphatic rings. The van der Waals surface area contributed by atoms with Gasteiger partial charge in [0, 0.05) is 58.5 Å². The monoisotopic (exact) mass is 830 g/mol. The predicted molar refractivity (Wildman–Crippen MR) is 232 cm³/mol. The number of aromatic hydroxyl groups is 6. The molecule has 0 aliphatic carbocycles. The summed E-state index contributed by atoms with van der Waals surface area (Å²) in [7, 11) is 0. The van der Waals surface area contributed by atoms with Gasteiger partial charge in [0.15, 0.2) is 23.0 Å². The van der Waals surface area contributed by atoms with E-state index in [-0.39, 0.29) is 82.7 Å². The Kier molecular flexibility index (Phi) is 14.5. The summed E-state index contributed by atoms with van der Waals surface area (Å²) in [5.74, 6) is -6.37. The number of phenols is 6. The van der Waals surface area contributed by atoms with Crippen LogP contribution < -0.4 is 22.9 Å². The molecule has 0 spiro atoms. The average molecular weight is 831 g/mol. The number of carboxylic acid groups (broad SMARTS) is 2. The molecule has 0 aliphatic heterocycles. The van der Waals surface area contributed by atoms with E-state index in [9.17, 15) is 40.2 Å². The van der Waals surface area contributed by atoms with Gasteiger partial charge in [0.1, 0.15) is 23.6 Å². The number of aliphatic imine (C=N–C) groups is 4. The fourth-order valence-corrected chi connectivity index (χ4v) is 7.22. The second-order valence-electron chi connectivity index (χ2n) is 15.2. The molecule has 0 saturated heterocycles. The zero-order chi connectivity index (χ0) is 44.9. The van der Waals surface area contributed by atoms with Crippen LogP contribution in [0.15, 0.2) is 32.1 Å². The van der Waals surface area contributed by atoms with Gasteiger partial charge >= 0.3 is 11.9 Å². The van der Waals surface area contributed by atoms with Gasteiger partial charge in [0.2, 0.25) is 11.9 Å². The Labute approximate surface area is 345 Å². The van der Waals surface area contributed by atoms with Crippen molar-refractivity contribution < 1.29 is 50.4 Å². The minimum Gasteiger partial charge on any atom is -0.507 e. The molecular formula is C42H54N8O10. The summed E-state index contributed by atoms with van der Waals surface area (Å²) in [5.41, 5.74) is 24.7. The van der Waals surface area contributed by atoms with Crippen LogP contribution in [0.5, 0.6) is 34.5 Å². The fourth-order valence-electron chi connectivity index (χ4n) is 7.22. The number of carbonyl (C=O) groups is 2. The molecule has 322 valence electrons. The summed E-state index contributed by atoms with van der Waals surface area (Å²) in [6.07, 6.45) is 3.16. The van der Waals surface area contributed by atoms with E-state index in [4.69, 9.17) is 33.1 Å². The lowest BCUT2D eigenvalue weighted by molar-refractivity contribution is -0.139. The molecule has 18 nitrogen and oxygen atoms in total. The third kappa shape index (κ3) is 9.45. The number of aryl methyl sites for hydroxylation is 2. The molecule has 0 bridgehead atoms. The summed E-state index contributed by atoms with van der Waals surface area (Å²) in [5, 5.41) is 88.8. The zero-order valence-electron chi connectivity index (χ0n) is 34.4. The van der Waals surface area contributed by atoms with Crippen LogP contribution in [0.25, 0.3) is 32.7 Å². The van der Waals surface area contributed by atoms with Crippen molar-refractivity contribution >= 4 is 57.8 Å². The molecule has 0 heterocycles. The van der Waals surface area contributed by atoms with E-state index in [1.54, 1.807) is 53.7 Å². The van der Waals surface area contributed by atoms with Crippen LogP contribution in [0.4, 0.5) is 0 Å². The summed E-state index contributed by atoms with van der Waals surface area (Å²) in [4.78, 5) is 38.6. The van der Waals surface area contributed by atoms with E-state index in [0.717, 1.165) is 12.4 Å². The van der Waals surface area contributed by atoms with Gasteiger partial charge in [-0.25, -0.2) is 9.98 Å². The lowest BCUT2D eigenvalue weighted by Gasteiger charge is -2.23. The van der Waals surface area contributed by atoms with Crippen LogP contribution in [-0.2, 0) is 9.59 Å².